The van der Waals surface area contributed by atoms with Crippen molar-refractivity contribution in [2.45, 2.75) is 70.8 Å². The third kappa shape index (κ3) is 3.31. The number of hydrogen-bond acceptors (Lipinski definition) is 2. The van der Waals surface area contributed by atoms with Gasteiger partial charge in [0.25, 0.3) is 0 Å². The van der Waals surface area contributed by atoms with E-state index in [1.165, 1.54) is 50.0 Å². The van der Waals surface area contributed by atoms with E-state index in [2.05, 4.69) is 21.4 Å². The molecule has 0 bridgehead atoms. The van der Waals surface area contributed by atoms with Crippen molar-refractivity contribution < 1.29 is 4.79 Å². The molecule has 126 valence electrons. The Morgan fingerprint density at radius 3 is 2.70 bits per heavy atom. The predicted octanol–water partition coefficient (Wildman–Crippen LogP) is 3.50. The van der Waals surface area contributed by atoms with Gasteiger partial charge in [0.2, 0.25) is 5.91 Å². The largest absolute Gasteiger partial charge is 0.342 e. The van der Waals surface area contributed by atoms with Crippen LogP contribution in [0.15, 0.2) is 6.20 Å². The van der Waals surface area contributed by atoms with Crippen molar-refractivity contribution in [3.8, 4) is 0 Å². The fourth-order valence-corrected chi connectivity index (χ4v) is 4.55. The zero-order valence-electron chi connectivity index (χ0n) is 14.3. The van der Waals surface area contributed by atoms with E-state index in [-0.39, 0.29) is 0 Å². The molecule has 0 radical (unpaired) electrons. The van der Waals surface area contributed by atoms with Crippen LogP contribution < -0.4 is 0 Å². The molecule has 0 aromatic carbocycles. The predicted molar refractivity (Wildman–Crippen MR) is 90.2 cm³/mol. The van der Waals surface area contributed by atoms with E-state index in [0.717, 1.165) is 32.4 Å². The quantitative estimate of drug-likeness (QED) is 0.834. The summed E-state index contributed by atoms with van der Waals surface area (Å²) in [7, 11) is 0. The molecular weight excluding hydrogens is 286 g/mol. The van der Waals surface area contributed by atoms with Gasteiger partial charge in [-0.1, -0.05) is 12.8 Å². The lowest BCUT2D eigenvalue weighted by atomic mass is 10.0. The summed E-state index contributed by atoms with van der Waals surface area (Å²) in [5, 5.41) is 0. The molecule has 3 fully saturated rings. The normalized spacial score (nSPS) is 25.4. The van der Waals surface area contributed by atoms with Gasteiger partial charge in [0.1, 0.15) is 5.82 Å². The first-order valence-electron chi connectivity index (χ1n) is 9.51. The second kappa shape index (κ2) is 6.29. The number of likely N-dealkylation sites (tertiary alicyclic amines) is 1. The van der Waals surface area contributed by atoms with Crippen molar-refractivity contribution in [2.24, 2.45) is 11.8 Å². The van der Waals surface area contributed by atoms with E-state index >= 15 is 0 Å². The summed E-state index contributed by atoms with van der Waals surface area (Å²) >= 11 is 0. The molecule has 1 aromatic rings. The molecule has 4 heteroatoms. The van der Waals surface area contributed by atoms with Gasteiger partial charge in [0.15, 0.2) is 0 Å². The fourth-order valence-electron chi connectivity index (χ4n) is 4.55. The minimum absolute atomic E-state index is 0.404. The summed E-state index contributed by atoms with van der Waals surface area (Å²) < 4.78 is 2.45. The summed E-state index contributed by atoms with van der Waals surface area (Å²) in [6, 6.07) is 0.703. The Morgan fingerprint density at radius 2 is 1.96 bits per heavy atom. The molecule has 0 N–H and O–H groups in total. The SMILES string of the molecule is Cc1cnc(CC2CCN(C(=O)CC3CCCC3)C2)n1C1CC1. The minimum atomic E-state index is 0.404. The lowest BCUT2D eigenvalue weighted by Crippen LogP contribution is -2.30. The Hall–Kier alpha value is -1.32. The molecule has 2 heterocycles. The maximum atomic E-state index is 12.5. The number of rotatable bonds is 5. The lowest BCUT2D eigenvalue weighted by molar-refractivity contribution is -0.131. The van der Waals surface area contributed by atoms with E-state index in [9.17, 15) is 4.79 Å². The van der Waals surface area contributed by atoms with Crippen molar-refractivity contribution in [1.82, 2.24) is 14.5 Å². The standard InChI is InChI=1S/C19H29N3O/c1-14-12-20-18(22(14)17-6-7-17)10-16-8-9-21(13-16)19(23)11-15-4-2-3-5-15/h12,15-17H,2-11,13H2,1H3. The van der Waals surface area contributed by atoms with Crippen LogP contribution in [0.4, 0.5) is 0 Å². The highest BCUT2D eigenvalue weighted by Crippen LogP contribution is 2.37. The van der Waals surface area contributed by atoms with Gasteiger partial charge >= 0.3 is 0 Å². The van der Waals surface area contributed by atoms with Gasteiger partial charge in [-0.15, -0.1) is 0 Å². The Morgan fingerprint density at radius 1 is 1.17 bits per heavy atom. The second-order valence-corrected chi connectivity index (χ2v) is 7.97. The van der Waals surface area contributed by atoms with E-state index in [4.69, 9.17) is 0 Å². The molecule has 2 aliphatic carbocycles. The van der Waals surface area contributed by atoms with Crippen molar-refractivity contribution in [1.29, 1.82) is 0 Å². The van der Waals surface area contributed by atoms with Gasteiger partial charge in [0.05, 0.1) is 0 Å². The molecule has 4 rings (SSSR count). The number of carbonyl (C=O) groups is 1. The van der Waals surface area contributed by atoms with Crippen molar-refractivity contribution in [2.75, 3.05) is 13.1 Å². The Kier molecular flexibility index (Phi) is 4.16. The molecule has 1 unspecified atom stereocenters. The molecule has 1 amide bonds. The summed E-state index contributed by atoms with van der Waals surface area (Å²) in [5.74, 6) is 2.92. The zero-order chi connectivity index (χ0) is 15.8. The molecule has 0 spiro atoms. The lowest BCUT2D eigenvalue weighted by Gasteiger charge is -2.19. The molecule has 3 aliphatic rings. The molecule has 4 nitrogen and oxygen atoms in total. The van der Waals surface area contributed by atoms with Gasteiger partial charge in [-0.2, -0.15) is 0 Å². The summed E-state index contributed by atoms with van der Waals surface area (Å²) in [6.45, 7) is 4.07. The molecule has 23 heavy (non-hydrogen) atoms. The number of amides is 1. The number of nitrogens with zero attached hydrogens (tertiary/aromatic N) is 3. The van der Waals surface area contributed by atoms with E-state index in [1.54, 1.807) is 0 Å². The number of carbonyl (C=O) groups excluding carboxylic acids is 1. The highest BCUT2D eigenvalue weighted by atomic mass is 16.2. The summed E-state index contributed by atoms with van der Waals surface area (Å²) in [6.07, 6.45) is 12.8. The van der Waals surface area contributed by atoms with Crippen LogP contribution >= 0.6 is 0 Å². The molecular formula is C19H29N3O. The second-order valence-electron chi connectivity index (χ2n) is 7.97. The minimum Gasteiger partial charge on any atom is -0.342 e. The van der Waals surface area contributed by atoms with Crippen LogP contribution in [0.3, 0.4) is 0 Å². The third-order valence-electron chi connectivity index (χ3n) is 6.02. The maximum absolute atomic E-state index is 12.5. The smallest absolute Gasteiger partial charge is 0.222 e. The number of imidazole rings is 1. The van der Waals surface area contributed by atoms with Gasteiger partial charge in [0, 0.05) is 43.9 Å². The Labute approximate surface area is 139 Å². The van der Waals surface area contributed by atoms with Crippen LogP contribution in [0.1, 0.15) is 68.9 Å². The monoisotopic (exact) mass is 315 g/mol. The fraction of sp³-hybridized carbons (Fsp3) is 0.789. The average molecular weight is 315 g/mol. The molecule has 2 saturated carbocycles. The van der Waals surface area contributed by atoms with Crippen LogP contribution in [0.25, 0.3) is 0 Å². The van der Waals surface area contributed by atoms with Crippen LogP contribution in [-0.4, -0.2) is 33.4 Å². The van der Waals surface area contributed by atoms with Crippen LogP contribution in [-0.2, 0) is 11.2 Å². The van der Waals surface area contributed by atoms with Crippen molar-refractivity contribution in [3.63, 3.8) is 0 Å². The summed E-state index contributed by atoms with van der Waals surface area (Å²) in [4.78, 5) is 19.3. The zero-order valence-corrected chi connectivity index (χ0v) is 14.3. The van der Waals surface area contributed by atoms with Crippen molar-refractivity contribution >= 4 is 5.91 Å². The van der Waals surface area contributed by atoms with Crippen LogP contribution in [0, 0.1) is 18.8 Å². The first kappa shape index (κ1) is 15.2. The van der Waals surface area contributed by atoms with E-state index in [0.29, 0.717) is 23.8 Å². The first-order chi connectivity index (χ1) is 11.2. The van der Waals surface area contributed by atoms with Crippen LogP contribution in [0.5, 0.6) is 0 Å². The molecule has 1 saturated heterocycles. The first-order valence-corrected chi connectivity index (χ1v) is 9.51. The van der Waals surface area contributed by atoms with Gasteiger partial charge < -0.3 is 9.47 Å². The number of aryl methyl sites for hydroxylation is 1. The maximum Gasteiger partial charge on any atom is 0.222 e. The topological polar surface area (TPSA) is 38.1 Å². The van der Waals surface area contributed by atoms with Gasteiger partial charge in [-0.3, -0.25) is 4.79 Å². The highest BCUT2D eigenvalue weighted by molar-refractivity contribution is 5.76. The summed E-state index contributed by atoms with van der Waals surface area (Å²) in [5.41, 5.74) is 1.30. The molecule has 1 aromatic heterocycles. The molecule has 1 atom stereocenters. The van der Waals surface area contributed by atoms with Crippen molar-refractivity contribution in [3.05, 3.63) is 17.7 Å². The van der Waals surface area contributed by atoms with Gasteiger partial charge in [-0.25, -0.2) is 4.98 Å². The van der Waals surface area contributed by atoms with E-state index < -0.39 is 0 Å². The van der Waals surface area contributed by atoms with E-state index in [1.807, 2.05) is 6.20 Å². The number of hydrogen-bond donors (Lipinski definition) is 0. The number of aromatic nitrogens is 2. The van der Waals surface area contributed by atoms with Crippen LogP contribution in [0.2, 0.25) is 0 Å². The Balaban J connectivity index is 1.32. The average Bonchev–Trinajstić information content (AvgIpc) is 2.93. The highest BCUT2D eigenvalue weighted by Gasteiger charge is 2.32. The molecule has 1 aliphatic heterocycles. The Bertz CT molecular complexity index is 569. The van der Waals surface area contributed by atoms with Gasteiger partial charge in [-0.05, 0) is 50.9 Å². The third-order valence-corrected chi connectivity index (χ3v) is 6.02.